The molecule has 5 heteroatoms. The van der Waals surface area contributed by atoms with Crippen molar-refractivity contribution < 1.29 is 19.1 Å². The second-order valence-electron chi connectivity index (χ2n) is 14.0. The summed E-state index contributed by atoms with van der Waals surface area (Å²) in [6.07, 6.45) is 2.76. The molecule has 7 aromatic carbocycles. The predicted molar refractivity (Wildman–Crippen MR) is 231 cm³/mol. The Bertz CT molecular complexity index is 2610. The number of hydrogen-bond donors (Lipinski definition) is 0. The fraction of sp³-hybridized carbons (Fsp3) is 0.0980. The first kappa shape index (κ1) is 37.3. The third kappa shape index (κ3) is 8.08. The fourth-order valence-corrected chi connectivity index (χ4v) is 6.74. The van der Waals surface area contributed by atoms with Crippen LogP contribution in [0.1, 0.15) is 48.1 Å². The van der Waals surface area contributed by atoms with Crippen molar-refractivity contribution in [3.63, 3.8) is 0 Å². The van der Waals surface area contributed by atoms with E-state index in [-0.39, 0.29) is 0 Å². The van der Waals surface area contributed by atoms with Gasteiger partial charge in [-0.2, -0.15) is 0 Å². The lowest BCUT2D eigenvalue weighted by Gasteiger charge is -2.29. The van der Waals surface area contributed by atoms with E-state index in [1.165, 1.54) is 0 Å². The monoisotopic (exact) mass is 733 g/mol. The molecule has 0 radical (unpaired) electrons. The van der Waals surface area contributed by atoms with Crippen molar-refractivity contribution in [2.24, 2.45) is 0 Å². The molecule has 0 fully saturated rings. The second-order valence-corrected chi connectivity index (χ2v) is 14.0. The summed E-state index contributed by atoms with van der Waals surface area (Å²) in [6, 6.07) is 49.5. The van der Waals surface area contributed by atoms with Gasteiger partial charge in [0.2, 0.25) is 0 Å². The van der Waals surface area contributed by atoms with E-state index in [9.17, 15) is 9.59 Å². The highest BCUT2D eigenvalue weighted by atomic mass is 16.5. The number of ether oxygens (including phenoxy) is 2. The Hall–Kier alpha value is -6.98. The summed E-state index contributed by atoms with van der Waals surface area (Å²) in [7, 11) is 0. The maximum atomic E-state index is 12.5. The van der Waals surface area contributed by atoms with E-state index in [1.54, 1.807) is 6.92 Å². The van der Waals surface area contributed by atoms with Crippen LogP contribution in [0.25, 0.3) is 33.2 Å². The third-order valence-electron chi connectivity index (χ3n) is 9.85. The van der Waals surface area contributed by atoms with Gasteiger partial charge in [0.05, 0.1) is 0 Å². The number of aryl methyl sites for hydroxylation is 2. The predicted octanol–water partition coefficient (Wildman–Crippen LogP) is 13.0. The molecule has 0 aliphatic rings. The smallest absolute Gasteiger partial charge is 0.338 e. The van der Waals surface area contributed by atoms with Gasteiger partial charge >= 0.3 is 11.9 Å². The quantitative estimate of drug-likeness (QED) is 0.0573. The van der Waals surface area contributed by atoms with Gasteiger partial charge < -0.3 is 14.4 Å². The molecule has 0 N–H and O–H groups in total. The number of nitrogens with zero attached hydrogens (tertiary/aromatic N) is 1. The van der Waals surface area contributed by atoms with Crippen molar-refractivity contribution in [3.8, 4) is 11.5 Å². The zero-order valence-electron chi connectivity index (χ0n) is 32.1. The Kier molecular flexibility index (Phi) is 10.8. The van der Waals surface area contributed by atoms with Gasteiger partial charge in [-0.25, -0.2) is 9.59 Å². The van der Waals surface area contributed by atoms with Gasteiger partial charge in [0.15, 0.2) is 0 Å². The van der Waals surface area contributed by atoms with Crippen LogP contribution in [-0.4, -0.2) is 11.9 Å². The zero-order chi connectivity index (χ0) is 39.3. The molecule has 0 bridgehead atoms. The molecule has 5 nitrogen and oxygen atoms in total. The van der Waals surface area contributed by atoms with Crippen LogP contribution in [0.2, 0.25) is 0 Å². The summed E-state index contributed by atoms with van der Waals surface area (Å²) in [5.74, 6) is 0.0780. The molecule has 276 valence electrons. The Morgan fingerprint density at radius 1 is 0.589 bits per heavy atom. The highest BCUT2D eigenvalue weighted by Gasteiger charge is 2.20. The maximum absolute atomic E-state index is 12.5. The molecule has 0 unspecified atom stereocenters. The summed E-state index contributed by atoms with van der Waals surface area (Å²) in [5.41, 5.74) is 10.4. The number of rotatable bonds is 11. The van der Waals surface area contributed by atoms with Gasteiger partial charge in [-0.05, 0) is 149 Å². The Morgan fingerprint density at radius 3 is 1.54 bits per heavy atom. The minimum absolute atomic E-state index is 0.343. The van der Waals surface area contributed by atoms with Gasteiger partial charge in [0.25, 0.3) is 0 Å². The average Bonchev–Trinajstić information content (AvgIpc) is 3.21. The highest BCUT2D eigenvalue weighted by molar-refractivity contribution is 5.97. The molecule has 0 aliphatic heterocycles. The van der Waals surface area contributed by atoms with Crippen LogP contribution in [0.15, 0.2) is 170 Å². The summed E-state index contributed by atoms with van der Waals surface area (Å²) in [4.78, 5) is 27.1. The van der Waals surface area contributed by atoms with Crippen LogP contribution in [0, 0.1) is 13.8 Å². The van der Waals surface area contributed by atoms with Crippen molar-refractivity contribution in [2.45, 2.75) is 34.1 Å². The molecule has 0 aliphatic carbocycles. The van der Waals surface area contributed by atoms with Gasteiger partial charge in [-0.3, -0.25) is 0 Å². The zero-order valence-corrected chi connectivity index (χ0v) is 32.1. The average molecular weight is 734 g/mol. The van der Waals surface area contributed by atoms with Gasteiger partial charge in [-0.15, -0.1) is 0 Å². The number of benzene rings is 7. The van der Waals surface area contributed by atoms with Crippen molar-refractivity contribution in [1.82, 2.24) is 0 Å². The lowest BCUT2D eigenvalue weighted by molar-refractivity contribution is -0.131. The minimum Gasteiger partial charge on any atom is -0.423 e. The van der Waals surface area contributed by atoms with Crippen molar-refractivity contribution in [2.75, 3.05) is 4.90 Å². The number of fused-ring (bicyclic) bond motifs is 2. The fourth-order valence-electron chi connectivity index (χ4n) is 6.74. The Balaban J connectivity index is 1.34. The first-order valence-electron chi connectivity index (χ1n) is 18.7. The topological polar surface area (TPSA) is 55.8 Å². The third-order valence-corrected chi connectivity index (χ3v) is 9.85. The normalized spacial score (nSPS) is 10.9. The van der Waals surface area contributed by atoms with Crippen LogP contribution < -0.4 is 14.4 Å². The summed E-state index contributed by atoms with van der Waals surface area (Å²) in [6.45, 7) is 15.2. The second kappa shape index (κ2) is 16.2. The number of carbonyl (C=O) groups is 2. The molecule has 0 saturated carbocycles. The van der Waals surface area contributed by atoms with Crippen LogP contribution >= 0.6 is 0 Å². The van der Waals surface area contributed by atoms with Gasteiger partial charge in [0, 0.05) is 28.2 Å². The van der Waals surface area contributed by atoms with Crippen molar-refractivity contribution in [1.29, 1.82) is 0 Å². The number of esters is 2. The van der Waals surface area contributed by atoms with E-state index >= 15 is 0 Å². The van der Waals surface area contributed by atoms with E-state index < -0.39 is 11.9 Å². The number of carbonyl (C=O) groups excluding carboxylic acids is 2. The van der Waals surface area contributed by atoms with Crippen LogP contribution in [0.5, 0.6) is 11.5 Å². The molecule has 0 saturated heterocycles. The number of hydrogen-bond acceptors (Lipinski definition) is 5. The van der Waals surface area contributed by atoms with E-state index in [0.717, 1.165) is 72.0 Å². The van der Waals surface area contributed by atoms with E-state index in [4.69, 9.17) is 9.47 Å². The van der Waals surface area contributed by atoms with Crippen LogP contribution in [-0.2, 0) is 9.59 Å². The first-order chi connectivity index (χ1) is 27.1. The van der Waals surface area contributed by atoms with Crippen LogP contribution in [0.3, 0.4) is 0 Å². The molecule has 56 heavy (non-hydrogen) atoms. The molecule has 0 aromatic heterocycles. The minimum atomic E-state index is -0.453. The Morgan fingerprint density at radius 2 is 1.07 bits per heavy atom. The van der Waals surface area contributed by atoms with E-state index in [1.807, 2.05) is 55.5 Å². The molecule has 0 atom stereocenters. The lowest BCUT2D eigenvalue weighted by Crippen LogP contribution is -2.13. The molecule has 7 aromatic rings. The molecular weight excluding hydrogens is 691 g/mol. The highest BCUT2D eigenvalue weighted by Crippen LogP contribution is 2.42. The molecule has 0 amide bonds. The summed E-state index contributed by atoms with van der Waals surface area (Å²) in [5, 5.41) is 3.91. The van der Waals surface area contributed by atoms with Gasteiger partial charge in [-0.1, -0.05) is 105 Å². The van der Waals surface area contributed by atoms with E-state index in [0.29, 0.717) is 29.1 Å². The molecule has 0 heterocycles. The van der Waals surface area contributed by atoms with Crippen molar-refractivity contribution >= 4 is 62.2 Å². The standard InChI is InChI=1S/C51H43NO4/c1-7-34(4)51(54)56-46-25-21-41-32-49(36(6)27-43(41)30-46)52(48-31-40-20-24-45(55-50(53)33(2)3)29-42(40)26-35(48)5)44-22-18-37(19-23-44)28-47(38-14-10-8-11-15-38)39-16-12-9-13-17-39/h8-32H,2,4,7H2,1,3,5-6H3. The summed E-state index contributed by atoms with van der Waals surface area (Å²) >= 11 is 0. The van der Waals surface area contributed by atoms with Crippen LogP contribution in [0.4, 0.5) is 17.1 Å². The number of anilines is 3. The molecule has 0 spiro atoms. The van der Waals surface area contributed by atoms with Gasteiger partial charge in [0.1, 0.15) is 11.5 Å². The first-order valence-corrected chi connectivity index (χ1v) is 18.7. The lowest BCUT2D eigenvalue weighted by atomic mass is 9.95. The largest absolute Gasteiger partial charge is 0.423 e. The van der Waals surface area contributed by atoms with E-state index in [2.05, 4.69) is 135 Å². The molecular formula is C51H43NO4. The van der Waals surface area contributed by atoms with Crippen molar-refractivity contribution in [3.05, 3.63) is 198 Å². The SMILES string of the molecule is C=C(C)C(=O)Oc1ccc2cc(N(c3ccc(C=C(c4ccccc4)c4ccccc4)cc3)c3cc4ccc(OC(=O)C(=C)CC)cc4cc3C)c(C)cc2c1. The summed E-state index contributed by atoms with van der Waals surface area (Å²) < 4.78 is 11.2. The Labute approximate surface area is 328 Å². The molecule has 7 rings (SSSR count). The maximum Gasteiger partial charge on any atom is 0.338 e.